The minimum Gasteiger partial charge on any atom is -0.466 e. The van der Waals surface area contributed by atoms with Crippen LogP contribution in [0.25, 0.3) is 28.3 Å². The second-order valence-corrected chi connectivity index (χ2v) is 8.85. The summed E-state index contributed by atoms with van der Waals surface area (Å²) in [5.74, 6) is 0.278. The largest absolute Gasteiger partial charge is 0.466 e. The highest BCUT2D eigenvalue weighted by Crippen LogP contribution is 2.28. The van der Waals surface area contributed by atoms with Gasteiger partial charge in [0.15, 0.2) is 0 Å². The molecule has 3 aromatic heterocycles. The average Bonchev–Trinajstić information content (AvgIpc) is 3.33. The maximum atomic E-state index is 13.7. The molecule has 1 atom stereocenters. The lowest BCUT2D eigenvalue weighted by atomic mass is 9.97. The summed E-state index contributed by atoms with van der Waals surface area (Å²) in [7, 11) is 0. The minimum absolute atomic E-state index is 0.220. The molecule has 0 radical (unpaired) electrons. The van der Waals surface area contributed by atoms with E-state index in [2.05, 4.69) is 16.0 Å². The first-order valence-electron chi connectivity index (χ1n) is 12.0. The fraction of sp³-hybridized carbons (Fsp3) is 0.296. The Kier molecular flexibility index (Phi) is 6.25. The summed E-state index contributed by atoms with van der Waals surface area (Å²) in [4.78, 5) is 40.7. The Labute approximate surface area is 207 Å². The van der Waals surface area contributed by atoms with Crippen LogP contribution in [0.1, 0.15) is 36.7 Å². The van der Waals surface area contributed by atoms with Gasteiger partial charge in [-0.25, -0.2) is 9.97 Å². The summed E-state index contributed by atoms with van der Waals surface area (Å²) in [6.45, 7) is 5.03. The number of esters is 1. The zero-order chi connectivity index (χ0) is 25.2. The maximum absolute atomic E-state index is 13.7. The summed E-state index contributed by atoms with van der Waals surface area (Å²) in [5.41, 5.74) is 3.12. The van der Waals surface area contributed by atoms with Crippen LogP contribution in [-0.4, -0.2) is 45.0 Å². The van der Waals surface area contributed by atoms with Crippen LogP contribution in [0.4, 0.5) is 5.82 Å². The van der Waals surface area contributed by atoms with Crippen LogP contribution in [0, 0.1) is 24.2 Å². The molecule has 36 heavy (non-hydrogen) atoms. The molecule has 1 aromatic carbocycles. The number of aromatic nitrogens is 4. The number of carbonyl (C=O) groups is 1. The number of fused-ring (bicyclic) bond motifs is 2. The van der Waals surface area contributed by atoms with Crippen LogP contribution in [0.3, 0.4) is 0 Å². The summed E-state index contributed by atoms with van der Waals surface area (Å²) in [5, 5.41) is 10.0. The van der Waals surface area contributed by atoms with Gasteiger partial charge in [0.2, 0.25) is 0 Å². The van der Waals surface area contributed by atoms with Crippen LogP contribution >= 0.6 is 0 Å². The van der Waals surface area contributed by atoms with Gasteiger partial charge in [-0.2, -0.15) is 5.26 Å². The number of piperidine rings is 1. The minimum atomic E-state index is -0.307. The standard InChI is InChI=1S/C27H26N6O3/c1-3-36-27(35)18-9-7-12-32(16-18)25-20(26(34)33-13-6-8-17(2)24(33)31-25)14-19(15-28)23-29-21-10-4-5-11-22(21)30-23/h4-6,8,10-11,13-14,18H,3,7,9,12,16H2,1-2H3,(H,29,30). The van der Waals surface area contributed by atoms with Crippen molar-refractivity contribution < 1.29 is 9.53 Å². The number of para-hydroxylation sites is 2. The van der Waals surface area contributed by atoms with E-state index in [0.717, 1.165) is 23.0 Å². The van der Waals surface area contributed by atoms with Gasteiger partial charge in [0.1, 0.15) is 23.4 Å². The molecular formula is C27H26N6O3. The van der Waals surface area contributed by atoms with Gasteiger partial charge in [-0.05, 0) is 56.5 Å². The molecular weight excluding hydrogens is 456 g/mol. The van der Waals surface area contributed by atoms with E-state index in [0.29, 0.717) is 43.4 Å². The number of hydrogen-bond acceptors (Lipinski definition) is 7. The van der Waals surface area contributed by atoms with Gasteiger partial charge in [-0.3, -0.25) is 14.0 Å². The number of nitrogens with zero attached hydrogens (tertiary/aromatic N) is 5. The summed E-state index contributed by atoms with van der Waals surface area (Å²) in [6, 6.07) is 13.4. The van der Waals surface area contributed by atoms with Crippen molar-refractivity contribution in [1.82, 2.24) is 19.4 Å². The van der Waals surface area contributed by atoms with E-state index in [1.807, 2.05) is 42.2 Å². The summed E-state index contributed by atoms with van der Waals surface area (Å²) >= 11 is 0. The fourth-order valence-corrected chi connectivity index (χ4v) is 4.67. The zero-order valence-corrected chi connectivity index (χ0v) is 20.2. The van der Waals surface area contributed by atoms with Crippen molar-refractivity contribution in [3.05, 3.63) is 69.9 Å². The van der Waals surface area contributed by atoms with Crippen LogP contribution in [0.5, 0.6) is 0 Å². The SMILES string of the molecule is CCOC(=O)C1CCCN(c2nc3c(C)cccn3c(=O)c2C=C(C#N)c2nc3ccccc3[nH]2)C1. The molecule has 0 spiro atoms. The molecule has 0 aliphatic carbocycles. The molecule has 1 saturated heterocycles. The number of ether oxygens (including phenoxy) is 1. The topological polar surface area (TPSA) is 116 Å². The van der Waals surface area contributed by atoms with Crippen molar-refractivity contribution >= 4 is 40.1 Å². The summed E-state index contributed by atoms with van der Waals surface area (Å²) < 4.78 is 6.75. The van der Waals surface area contributed by atoms with Crippen molar-refractivity contribution in [3.63, 3.8) is 0 Å². The number of aromatic amines is 1. The first kappa shape index (κ1) is 23.3. The Morgan fingerprint density at radius 3 is 2.89 bits per heavy atom. The van der Waals surface area contributed by atoms with Crippen molar-refractivity contribution in [2.45, 2.75) is 26.7 Å². The highest BCUT2D eigenvalue weighted by molar-refractivity contribution is 5.92. The highest BCUT2D eigenvalue weighted by Gasteiger charge is 2.30. The van der Waals surface area contributed by atoms with Gasteiger partial charge in [0.05, 0.1) is 34.7 Å². The van der Waals surface area contributed by atoms with Crippen LogP contribution < -0.4 is 10.5 Å². The lowest BCUT2D eigenvalue weighted by molar-refractivity contribution is -0.148. The van der Waals surface area contributed by atoms with Crippen molar-refractivity contribution in [1.29, 1.82) is 5.26 Å². The van der Waals surface area contributed by atoms with E-state index < -0.39 is 0 Å². The maximum Gasteiger partial charge on any atom is 0.310 e. The van der Waals surface area contributed by atoms with E-state index in [9.17, 15) is 14.9 Å². The number of nitriles is 1. The second kappa shape index (κ2) is 9.66. The Balaban J connectivity index is 1.67. The van der Waals surface area contributed by atoms with Crippen LogP contribution in [0.15, 0.2) is 47.4 Å². The number of nitrogens with one attached hydrogen (secondary N) is 1. The van der Waals surface area contributed by atoms with Gasteiger partial charge in [0, 0.05) is 19.3 Å². The smallest absolute Gasteiger partial charge is 0.310 e. The molecule has 9 nitrogen and oxygen atoms in total. The van der Waals surface area contributed by atoms with Crippen molar-refractivity contribution in [2.24, 2.45) is 5.92 Å². The Morgan fingerprint density at radius 2 is 2.11 bits per heavy atom. The molecule has 1 aliphatic heterocycles. The van der Waals surface area contributed by atoms with Gasteiger partial charge in [-0.15, -0.1) is 0 Å². The predicted octanol–water partition coefficient (Wildman–Crippen LogP) is 3.72. The molecule has 4 aromatic rings. The number of aryl methyl sites for hydroxylation is 1. The van der Waals surface area contributed by atoms with Crippen molar-refractivity contribution in [2.75, 3.05) is 24.6 Å². The third-order valence-electron chi connectivity index (χ3n) is 6.46. The number of anilines is 1. The third kappa shape index (κ3) is 4.22. The van der Waals surface area contributed by atoms with E-state index in [4.69, 9.17) is 9.72 Å². The van der Waals surface area contributed by atoms with Gasteiger partial charge in [0.25, 0.3) is 5.56 Å². The van der Waals surface area contributed by atoms with Gasteiger partial charge >= 0.3 is 5.97 Å². The first-order valence-corrected chi connectivity index (χ1v) is 12.0. The molecule has 182 valence electrons. The number of benzene rings is 1. The average molecular weight is 483 g/mol. The van der Waals surface area contributed by atoms with E-state index in [1.54, 1.807) is 25.3 Å². The zero-order valence-electron chi connectivity index (χ0n) is 20.2. The van der Waals surface area contributed by atoms with E-state index in [1.165, 1.54) is 4.40 Å². The third-order valence-corrected chi connectivity index (χ3v) is 6.46. The quantitative estimate of drug-likeness (QED) is 0.340. The molecule has 0 amide bonds. The summed E-state index contributed by atoms with van der Waals surface area (Å²) in [6.07, 6.45) is 4.69. The molecule has 0 saturated carbocycles. The molecule has 1 N–H and O–H groups in total. The lowest BCUT2D eigenvalue weighted by Gasteiger charge is -2.33. The van der Waals surface area contributed by atoms with E-state index in [-0.39, 0.29) is 28.6 Å². The van der Waals surface area contributed by atoms with E-state index >= 15 is 0 Å². The van der Waals surface area contributed by atoms with Gasteiger partial charge in [-0.1, -0.05) is 18.2 Å². The molecule has 4 heterocycles. The number of hydrogen-bond donors (Lipinski definition) is 1. The molecule has 5 rings (SSSR count). The highest BCUT2D eigenvalue weighted by atomic mass is 16.5. The Hall–Kier alpha value is -4.45. The second-order valence-electron chi connectivity index (χ2n) is 8.85. The number of H-pyrrole nitrogens is 1. The van der Waals surface area contributed by atoms with Crippen LogP contribution in [-0.2, 0) is 9.53 Å². The Morgan fingerprint density at radius 1 is 1.28 bits per heavy atom. The van der Waals surface area contributed by atoms with Crippen molar-refractivity contribution in [3.8, 4) is 6.07 Å². The first-order chi connectivity index (χ1) is 17.5. The Bertz CT molecular complexity index is 1560. The molecule has 1 aliphatic rings. The normalized spacial score (nSPS) is 16.3. The number of imidazole rings is 1. The number of allylic oxidation sites excluding steroid dienone is 1. The molecule has 0 bridgehead atoms. The molecule has 1 fully saturated rings. The van der Waals surface area contributed by atoms with Crippen LogP contribution in [0.2, 0.25) is 0 Å². The number of pyridine rings is 1. The number of carbonyl (C=O) groups excluding carboxylic acids is 1. The monoisotopic (exact) mass is 482 g/mol. The van der Waals surface area contributed by atoms with Gasteiger partial charge < -0.3 is 14.6 Å². The predicted molar refractivity (Wildman–Crippen MR) is 137 cm³/mol. The molecule has 1 unspecified atom stereocenters. The number of rotatable bonds is 5. The lowest BCUT2D eigenvalue weighted by Crippen LogP contribution is -2.41. The molecule has 9 heteroatoms. The fourth-order valence-electron chi connectivity index (χ4n) is 4.67.